The van der Waals surface area contributed by atoms with Gasteiger partial charge in [-0.15, -0.1) is 11.6 Å². The van der Waals surface area contributed by atoms with Gasteiger partial charge >= 0.3 is 0 Å². The number of nitriles is 1. The fourth-order valence-electron chi connectivity index (χ4n) is 1.16. The maximum Gasteiger partial charge on any atom is 0.225 e. The van der Waals surface area contributed by atoms with Crippen molar-refractivity contribution in [2.75, 3.05) is 24.3 Å². The Kier molecular flexibility index (Phi) is 4.89. The van der Waals surface area contributed by atoms with Crippen LogP contribution in [0.3, 0.4) is 0 Å². The molecule has 0 aliphatic rings. The van der Waals surface area contributed by atoms with Gasteiger partial charge in [0, 0.05) is 0 Å². The second-order valence-electron chi connectivity index (χ2n) is 3.17. The summed E-state index contributed by atoms with van der Waals surface area (Å²) in [4.78, 5) is 11.5. The molecule has 2 N–H and O–H groups in total. The number of nitrogens with zero attached hydrogens (tertiary/aromatic N) is 4. The second kappa shape index (κ2) is 6.20. The van der Waals surface area contributed by atoms with Gasteiger partial charge in [0.2, 0.25) is 5.95 Å². The van der Waals surface area contributed by atoms with Crippen molar-refractivity contribution in [2.24, 2.45) is 0 Å². The summed E-state index contributed by atoms with van der Waals surface area (Å²) in [6.07, 6.45) is 2.77. The lowest BCUT2D eigenvalue weighted by molar-refractivity contribution is 0.487. The van der Waals surface area contributed by atoms with Gasteiger partial charge in [-0.25, -0.2) is 15.0 Å². The standard InChI is InChI=1S/C9H13ClN6/c1-2-16-9(3-10,4-11)5-13-8-14-6-12-7-15-8/h6-7,16H,2-3,5H2,1H3,(H,12,13,14,15). The van der Waals surface area contributed by atoms with Gasteiger partial charge in [-0.05, 0) is 6.54 Å². The maximum absolute atomic E-state index is 9.10. The van der Waals surface area contributed by atoms with Crippen molar-refractivity contribution >= 4 is 17.5 Å². The molecule has 0 aliphatic carbocycles. The van der Waals surface area contributed by atoms with E-state index in [4.69, 9.17) is 16.9 Å². The molecule has 0 saturated heterocycles. The molecule has 16 heavy (non-hydrogen) atoms. The summed E-state index contributed by atoms with van der Waals surface area (Å²) in [5.74, 6) is 0.618. The van der Waals surface area contributed by atoms with Gasteiger partial charge in [0.15, 0.2) is 0 Å². The van der Waals surface area contributed by atoms with Crippen LogP contribution in [-0.2, 0) is 0 Å². The highest BCUT2D eigenvalue weighted by atomic mass is 35.5. The van der Waals surface area contributed by atoms with E-state index in [0.29, 0.717) is 19.0 Å². The molecule has 0 spiro atoms. The van der Waals surface area contributed by atoms with Crippen LogP contribution in [0.25, 0.3) is 0 Å². The first-order valence-corrected chi connectivity index (χ1v) is 5.38. The molecule has 0 saturated carbocycles. The number of alkyl halides is 1. The smallest absolute Gasteiger partial charge is 0.225 e. The van der Waals surface area contributed by atoms with Crippen LogP contribution in [0.15, 0.2) is 12.7 Å². The van der Waals surface area contributed by atoms with Crippen LogP contribution < -0.4 is 10.6 Å². The molecular formula is C9H13ClN6. The predicted molar refractivity (Wildman–Crippen MR) is 61.1 cm³/mol. The lowest BCUT2D eigenvalue weighted by Gasteiger charge is -2.24. The van der Waals surface area contributed by atoms with Gasteiger partial charge in [-0.1, -0.05) is 6.92 Å². The molecule has 1 aromatic heterocycles. The van der Waals surface area contributed by atoms with Crippen molar-refractivity contribution in [3.05, 3.63) is 12.7 Å². The molecule has 0 fully saturated rings. The number of rotatable bonds is 6. The summed E-state index contributed by atoms with van der Waals surface area (Å²) in [5.41, 5.74) is -0.803. The fourth-order valence-corrected chi connectivity index (χ4v) is 1.41. The van der Waals surface area contributed by atoms with E-state index in [0.717, 1.165) is 0 Å². The third-order valence-corrected chi connectivity index (χ3v) is 2.46. The average molecular weight is 241 g/mol. The zero-order chi connectivity index (χ0) is 11.9. The van der Waals surface area contributed by atoms with Gasteiger partial charge in [0.1, 0.15) is 18.2 Å². The summed E-state index contributed by atoms with van der Waals surface area (Å²) < 4.78 is 0. The van der Waals surface area contributed by atoms with Gasteiger partial charge < -0.3 is 5.32 Å². The normalized spacial score (nSPS) is 13.8. The Morgan fingerprint density at radius 1 is 1.50 bits per heavy atom. The van der Waals surface area contributed by atoms with Crippen molar-refractivity contribution in [3.8, 4) is 6.07 Å². The van der Waals surface area contributed by atoms with Crippen molar-refractivity contribution in [1.29, 1.82) is 5.26 Å². The molecule has 0 radical (unpaired) electrons. The lowest BCUT2D eigenvalue weighted by atomic mass is 10.1. The summed E-state index contributed by atoms with van der Waals surface area (Å²) in [5, 5.41) is 15.1. The topological polar surface area (TPSA) is 86.5 Å². The Hall–Kier alpha value is -1.45. The molecule has 86 valence electrons. The summed E-state index contributed by atoms with van der Waals surface area (Å²) in [7, 11) is 0. The molecule has 1 atom stereocenters. The number of hydrogen-bond donors (Lipinski definition) is 2. The Balaban J connectivity index is 2.61. The summed E-state index contributed by atoms with van der Waals surface area (Å²) >= 11 is 5.79. The number of halogens is 1. The molecule has 0 amide bonds. The third kappa shape index (κ3) is 3.29. The highest BCUT2D eigenvalue weighted by molar-refractivity contribution is 6.19. The number of nitrogens with one attached hydrogen (secondary N) is 2. The number of aromatic nitrogens is 3. The van der Waals surface area contributed by atoms with E-state index in [2.05, 4.69) is 31.7 Å². The molecule has 1 rings (SSSR count). The molecular weight excluding hydrogens is 228 g/mol. The maximum atomic E-state index is 9.10. The molecule has 1 unspecified atom stereocenters. The average Bonchev–Trinajstić information content (AvgIpc) is 2.36. The predicted octanol–water partition coefficient (Wildman–Crippen LogP) is 0.394. The van der Waals surface area contributed by atoms with Crippen molar-refractivity contribution in [1.82, 2.24) is 20.3 Å². The van der Waals surface area contributed by atoms with Crippen LogP contribution in [0, 0.1) is 11.3 Å². The molecule has 1 heterocycles. The molecule has 0 aromatic carbocycles. The SMILES string of the molecule is CCNC(C#N)(CCl)CNc1ncncn1. The number of hydrogen-bond acceptors (Lipinski definition) is 6. The van der Waals surface area contributed by atoms with Crippen LogP contribution in [0.5, 0.6) is 0 Å². The Morgan fingerprint density at radius 2 is 2.19 bits per heavy atom. The van der Waals surface area contributed by atoms with Crippen LogP contribution >= 0.6 is 11.6 Å². The Bertz CT molecular complexity index is 351. The molecule has 7 heteroatoms. The van der Waals surface area contributed by atoms with Gasteiger partial charge in [-0.3, -0.25) is 5.32 Å². The van der Waals surface area contributed by atoms with Crippen LogP contribution in [0.2, 0.25) is 0 Å². The van der Waals surface area contributed by atoms with Gasteiger partial charge in [0.25, 0.3) is 0 Å². The van der Waals surface area contributed by atoms with Crippen molar-refractivity contribution in [3.63, 3.8) is 0 Å². The molecule has 6 nitrogen and oxygen atoms in total. The lowest BCUT2D eigenvalue weighted by Crippen LogP contribution is -2.51. The fraction of sp³-hybridized carbons (Fsp3) is 0.556. The monoisotopic (exact) mass is 240 g/mol. The van der Waals surface area contributed by atoms with E-state index in [9.17, 15) is 0 Å². The van der Waals surface area contributed by atoms with Crippen LogP contribution in [0.1, 0.15) is 6.92 Å². The van der Waals surface area contributed by atoms with E-state index in [1.807, 2.05) is 6.92 Å². The van der Waals surface area contributed by atoms with Crippen LogP contribution in [-0.4, -0.2) is 39.5 Å². The third-order valence-electron chi connectivity index (χ3n) is 2.00. The highest BCUT2D eigenvalue weighted by Gasteiger charge is 2.27. The van der Waals surface area contributed by atoms with Gasteiger partial charge in [0.05, 0.1) is 18.5 Å². The first kappa shape index (κ1) is 12.6. The largest absolute Gasteiger partial charge is 0.351 e. The first-order chi connectivity index (χ1) is 7.76. The minimum absolute atomic E-state index is 0.190. The summed E-state index contributed by atoms with van der Waals surface area (Å²) in [6, 6.07) is 2.16. The van der Waals surface area contributed by atoms with Crippen LogP contribution in [0.4, 0.5) is 5.95 Å². The zero-order valence-electron chi connectivity index (χ0n) is 8.94. The Morgan fingerprint density at radius 3 is 2.69 bits per heavy atom. The Labute approximate surface area is 99.1 Å². The number of anilines is 1. The van der Waals surface area contributed by atoms with E-state index >= 15 is 0 Å². The minimum atomic E-state index is -0.803. The van der Waals surface area contributed by atoms with E-state index in [1.54, 1.807) is 0 Å². The summed E-state index contributed by atoms with van der Waals surface area (Å²) in [6.45, 7) is 2.92. The molecule has 0 aliphatic heterocycles. The number of likely N-dealkylation sites (N-methyl/N-ethyl adjacent to an activating group) is 1. The van der Waals surface area contributed by atoms with E-state index in [1.165, 1.54) is 12.7 Å². The quantitative estimate of drug-likeness (QED) is 0.700. The highest BCUT2D eigenvalue weighted by Crippen LogP contribution is 2.07. The first-order valence-electron chi connectivity index (χ1n) is 4.84. The van der Waals surface area contributed by atoms with Crippen molar-refractivity contribution < 1.29 is 0 Å². The molecule has 0 bridgehead atoms. The molecule has 1 aromatic rings. The van der Waals surface area contributed by atoms with Crippen molar-refractivity contribution in [2.45, 2.75) is 12.5 Å². The van der Waals surface area contributed by atoms with E-state index in [-0.39, 0.29) is 5.88 Å². The second-order valence-corrected chi connectivity index (χ2v) is 3.44. The minimum Gasteiger partial charge on any atom is -0.351 e. The van der Waals surface area contributed by atoms with Gasteiger partial charge in [-0.2, -0.15) is 5.26 Å². The zero-order valence-corrected chi connectivity index (χ0v) is 9.70. The van der Waals surface area contributed by atoms with E-state index < -0.39 is 5.54 Å².